The van der Waals surface area contributed by atoms with Crippen molar-refractivity contribution in [2.45, 2.75) is 75.5 Å². The Kier molecular flexibility index (Phi) is 10.0. The number of nitrogens with two attached hydrogens (primary N) is 1. The minimum atomic E-state index is -1.13. The van der Waals surface area contributed by atoms with E-state index in [-0.39, 0.29) is 30.7 Å². The van der Waals surface area contributed by atoms with Crippen molar-refractivity contribution in [2.75, 3.05) is 19.6 Å². The van der Waals surface area contributed by atoms with E-state index in [0.29, 0.717) is 38.8 Å². The smallest absolute Gasteiger partial charge is 0.326 e. The molecule has 4 unspecified atom stereocenters. The van der Waals surface area contributed by atoms with Crippen LogP contribution in [-0.4, -0.2) is 77.5 Å². The van der Waals surface area contributed by atoms with Gasteiger partial charge in [0, 0.05) is 13.0 Å². The predicted molar refractivity (Wildman–Crippen MR) is 130 cm³/mol. The van der Waals surface area contributed by atoms with Crippen molar-refractivity contribution in [3.8, 4) is 0 Å². The standard InChI is InChI=1S/C25H37N5O5/c26-13-5-4-10-19(25(34)35)28-22(31)20(16-17-8-2-1-3-9-17)29-23(32)21-12-7-15-30(21)24(33)18-11-6-14-27-18/h1-3,8-9,18-21,27H,4-7,10-16,26H2,(H,28,31)(H,29,32)(H,34,35). The number of benzene rings is 1. The fourth-order valence-electron chi connectivity index (χ4n) is 4.75. The summed E-state index contributed by atoms with van der Waals surface area (Å²) in [4.78, 5) is 52.7. The first-order valence-electron chi connectivity index (χ1n) is 12.5. The lowest BCUT2D eigenvalue weighted by atomic mass is 10.0. The van der Waals surface area contributed by atoms with Gasteiger partial charge in [0.1, 0.15) is 18.1 Å². The average molecular weight is 488 g/mol. The molecule has 2 aliphatic heterocycles. The molecular weight excluding hydrogens is 450 g/mol. The molecule has 192 valence electrons. The maximum absolute atomic E-state index is 13.3. The van der Waals surface area contributed by atoms with Gasteiger partial charge in [-0.3, -0.25) is 14.4 Å². The summed E-state index contributed by atoms with van der Waals surface area (Å²) in [5.74, 6) is -2.15. The van der Waals surface area contributed by atoms with Crippen LogP contribution >= 0.6 is 0 Å². The number of likely N-dealkylation sites (tertiary alicyclic amines) is 1. The number of hydrogen-bond donors (Lipinski definition) is 5. The maximum atomic E-state index is 13.3. The van der Waals surface area contributed by atoms with Crippen molar-refractivity contribution in [3.63, 3.8) is 0 Å². The van der Waals surface area contributed by atoms with E-state index < -0.39 is 30.0 Å². The molecule has 2 saturated heterocycles. The van der Waals surface area contributed by atoms with Crippen LogP contribution in [0.5, 0.6) is 0 Å². The van der Waals surface area contributed by atoms with Gasteiger partial charge in [-0.25, -0.2) is 4.79 Å². The van der Waals surface area contributed by atoms with Crippen LogP contribution in [0.1, 0.15) is 50.5 Å². The number of aliphatic carboxylic acids is 1. The molecule has 10 nitrogen and oxygen atoms in total. The Morgan fingerprint density at radius 2 is 1.83 bits per heavy atom. The van der Waals surface area contributed by atoms with E-state index >= 15 is 0 Å². The van der Waals surface area contributed by atoms with E-state index in [0.717, 1.165) is 24.9 Å². The first-order valence-corrected chi connectivity index (χ1v) is 12.5. The van der Waals surface area contributed by atoms with Crippen LogP contribution in [0.4, 0.5) is 0 Å². The molecule has 0 aliphatic carbocycles. The quantitative estimate of drug-likeness (QED) is 0.263. The lowest BCUT2D eigenvalue weighted by molar-refractivity contribution is -0.143. The molecule has 1 aromatic carbocycles. The summed E-state index contributed by atoms with van der Waals surface area (Å²) in [5.41, 5.74) is 6.33. The van der Waals surface area contributed by atoms with E-state index in [2.05, 4.69) is 16.0 Å². The van der Waals surface area contributed by atoms with Crippen LogP contribution in [0.3, 0.4) is 0 Å². The Bertz CT molecular complexity index is 874. The number of nitrogens with one attached hydrogen (secondary N) is 3. The second-order valence-corrected chi connectivity index (χ2v) is 9.27. The molecule has 3 amide bonds. The van der Waals surface area contributed by atoms with Gasteiger partial charge in [-0.05, 0) is 63.6 Å². The number of amides is 3. The Hall–Kier alpha value is -2.98. The van der Waals surface area contributed by atoms with Crippen LogP contribution < -0.4 is 21.7 Å². The zero-order chi connectivity index (χ0) is 25.2. The lowest BCUT2D eigenvalue weighted by Gasteiger charge is -2.28. The SMILES string of the molecule is NCCCCC(NC(=O)C(Cc1ccccc1)NC(=O)C1CCCN1C(=O)C1CCCN1)C(=O)O. The fourth-order valence-corrected chi connectivity index (χ4v) is 4.75. The number of carboxylic acids is 1. The molecule has 2 heterocycles. The molecule has 3 rings (SSSR count). The minimum absolute atomic E-state index is 0.0740. The highest BCUT2D eigenvalue weighted by molar-refractivity contribution is 5.94. The van der Waals surface area contributed by atoms with Gasteiger partial charge in [0.2, 0.25) is 17.7 Å². The maximum Gasteiger partial charge on any atom is 0.326 e. The van der Waals surface area contributed by atoms with Crippen LogP contribution in [-0.2, 0) is 25.6 Å². The number of carbonyl (C=O) groups is 4. The number of hydrogen-bond acceptors (Lipinski definition) is 6. The molecule has 0 spiro atoms. The monoisotopic (exact) mass is 487 g/mol. The third-order valence-electron chi connectivity index (χ3n) is 6.67. The zero-order valence-corrected chi connectivity index (χ0v) is 20.1. The van der Waals surface area contributed by atoms with Crippen molar-refractivity contribution in [1.29, 1.82) is 0 Å². The van der Waals surface area contributed by atoms with Crippen molar-refractivity contribution in [2.24, 2.45) is 5.73 Å². The highest BCUT2D eigenvalue weighted by atomic mass is 16.4. The van der Waals surface area contributed by atoms with Gasteiger partial charge in [0.05, 0.1) is 6.04 Å². The van der Waals surface area contributed by atoms with Crippen LogP contribution in [0.15, 0.2) is 30.3 Å². The molecule has 10 heteroatoms. The van der Waals surface area contributed by atoms with Crippen molar-refractivity contribution in [3.05, 3.63) is 35.9 Å². The summed E-state index contributed by atoms with van der Waals surface area (Å²) in [6, 6.07) is 6.28. The number of nitrogens with zero attached hydrogens (tertiary/aromatic N) is 1. The number of carbonyl (C=O) groups excluding carboxylic acids is 3. The van der Waals surface area contributed by atoms with E-state index in [1.807, 2.05) is 30.3 Å². The Morgan fingerprint density at radius 3 is 2.49 bits per heavy atom. The Balaban J connectivity index is 1.70. The van der Waals surface area contributed by atoms with Gasteiger partial charge in [-0.1, -0.05) is 30.3 Å². The average Bonchev–Trinajstić information content (AvgIpc) is 3.56. The Labute approximate surface area is 206 Å². The third-order valence-corrected chi connectivity index (χ3v) is 6.67. The number of unbranched alkanes of at least 4 members (excludes halogenated alkanes) is 1. The molecule has 0 bridgehead atoms. The van der Waals surface area contributed by atoms with Crippen LogP contribution in [0, 0.1) is 0 Å². The number of rotatable bonds is 12. The van der Waals surface area contributed by atoms with Crippen molar-refractivity contribution in [1.82, 2.24) is 20.9 Å². The molecule has 0 aromatic heterocycles. The second-order valence-electron chi connectivity index (χ2n) is 9.27. The molecule has 2 fully saturated rings. The fraction of sp³-hybridized carbons (Fsp3) is 0.600. The molecule has 0 saturated carbocycles. The minimum Gasteiger partial charge on any atom is -0.480 e. The van der Waals surface area contributed by atoms with Crippen molar-refractivity contribution < 1.29 is 24.3 Å². The van der Waals surface area contributed by atoms with Gasteiger partial charge < -0.3 is 31.7 Å². The normalized spacial score (nSPS) is 21.3. The second kappa shape index (κ2) is 13.2. The summed E-state index contributed by atoms with van der Waals surface area (Å²) >= 11 is 0. The highest BCUT2D eigenvalue weighted by Gasteiger charge is 2.39. The summed E-state index contributed by atoms with van der Waals surface area (Å²) in [6.07, 6.45) is 4.61. The highest BCUT2D eigenvalue weighted by Crippen LogP contribution is 2.21. The Morgan fingerprint density at radius 1 is 1.06 bits per heavy atom. The summed E-state index contributed by atoms with van der Waals surface area (Å²) in [5, 5.41) is 18.2. The lowest BCUT2D eigenvalue weighted by Crippen LogP contribution is -2.57. The molecule has 4 atom stereocenters. The number of carboxylic acid groups (broad SMARTS) is 1. The van der Waals surface area contributed by atoms with E-state index in [9.17, 15) is 24.3 Å². The molecule has 2 aliphatic rings. The summed E-state index contributed by atoms with van der Waals surface area (Å²) in [6.45, 7) is 1.74. The van der Waals surface area contributed by atoms with Gasteiger partial charge in [0.15, 0.2) is 0 Å². The predicted octanol–water partition coefficient (Wildman–Crippen LogP) is 0.155. The van der Waals surface area contributed by atoms with E-state index in [4.69, 9.17) is 5.73 Å². The zero-order valence-electron chi connectivity index (χ0n) is 20.1. The van der Waals surface area contributed by atoms with E-state index in [1.165, 1.54) is 0 Å². The van der Waals surface area contributed by atoms with Crippen molar-refractivity contribution >= 4 is 23.7 Å². The third kappa shape index (κ3) is 7.50. The van der Waals surface area contributed by atoms with Crippen LogP contribution in [0.2, 0.25) is 0 Å². The van der Waals surface area contributed by atoms with Gasteiger partial charge in [-0.2, -0.15) is 0 Å². The molecule has 6 N–H and O–H groups in total. The summed E-state index contributed by atoms with van der Waals surface area (Å²) in [7, 11) is 0. The van der Waals surface area contributed by atoms with Crippen LogP contribution in [0.25, 0.3) is 0 Å². The van der Waals surface area contributed by atoms with E-state index in [1.54, 1.807) is 4.90 Å². The molecule has 0 radical (unpaired) electrons. The molecule has 35 heavy (non-hydrogen) atoms. The summed E-state index contributed by atoms with van der Waals surface area (Å²) < 4.78 is 0. The topological polar surface area (TPSA) is 154 Å². The first-order chi connectivity index (χ1) is 16.9. The molecular formula is C25H37N5O5. The van der Waals surface area contributed by atoms with Gasteiger partial charge in [0.25, 0.3) is 0 Å². The first kappa shape index (κ1) is 26.6. The van der Waals surface area contributed by atoms with Gasteiger partial charge >= 0.3 is 5.97 Å². The molecule has 1 aromatic rings. The van der Waals surface area contributed by atoms with Gasteiger partial charge in [-0.15, -0.1) is 0 Å². The largest absolute Gasteiger partial charge is 0.480 e.